The van der Waals surface area contributed by atoms with Crippen molar-refractivity contribution >= 4 is 35.0 Å². The quantitative estimate of drug-likeness (QED) is 0.661. The summed E-state index contributed by atoms with van der Waals surface area (Å²) in [7, 11) is 0. The van der Waals surface area contributed by atoms with Crippen molar-refractivity contribution in [2.24, 2.45) is 0 Å². The van der Waals surface area contributed by atoms with Gasteiger partial charge in [-0.25, -0.2) is 4.79 Å². The molecular weight excluding hydrogens is 370 g/mol. The first-order valence-corrected chi connectivity index (χ1v) is 9.11. The van der Waals surface area contributed by atoms with Crippen molar-refractivity contribution < 1.29 is 19.1 Å². The number of carbonyl (C=O) groups excluding carboxylic acids is 2. The van der Waals surface area contributed by atoms with E-state index in [9.17, 15) is 9.59 Å². The van der Waals surface area contributed by atoms with Gasteiger partial charge in [-0.3, -0.25) is 14.5 Å². The maximum Gasteiger partial charge on any atom is 0.325 e. The van der Waals surface area contributed by atoms with Crippen molar-refractivity contribution in [3.05, 3.63) is 42.6 Å². The van der Waals surface area contributed by atoms with E-state index in [-0.39, 0.29) is 5.75 Å². The lowest BCUT2D eigenvalue weighted by atomic mass is 10.2. The summed E-state index contributed by atoms with van der Waals surface area (Å²) >= 11 is 1.19. The predicted octanol–water partition coefficient (Wildman–Crippen LogP) is 1.94. The molecule has 10 heteroatoms. The molecule has 2 aromatic heterocycles. The minimum Gasteiger partial charge on any atom is -0.486 e. The number of hydrogen-bond acceptors (Lipinski definition) is 7. The number of pyridine rings is 1. The molecule has 1 aromatic carbocycles. The Hall–Kier alpha value is -3.27. The molecule has 0 saturated heterocycles. The molecule has 0 atom stereocenters. The average molecular weight is 385 g/mol. The fourth-order valence-corrected chi connectivity index (χ4v) is 3.22. The number of urea groups is 1. The number of nitrogens with one attached hydrogen (secondary N) is 2. The lowest BCUT2D eigenvalue weighted by Crippen LogP contribution is -2.35. The Labute approximate surface area is 158 Å². The molecule has 0 aliphatic carbocycles. The van der Waals surface area contributed by atoms with Crippen LogP contribution in [0.15, 0.2) is 47.8 Å². The summed E-state index contributed by atoms with van der Waals surface area (Å²) in [4.78, 5) is 24.0. The Kier molecular flexibility index (Phi) is 4.79. The normalized spacial score (nSPS) is 12.6. The summed E-state index contributed by atoms with van der Waals surface area (Å²) in [6, 6.07) is 9.93. The van der Waals surface area contributed by atoms with Crippen LogP contribution in [0.25, 0.3) is 5.65 Å². The molecule has 0 radical (unpaired) electrons. The molecule has 9 nitrogen and oxygen atoms in total. The number of thioether (sulfide) groups is 1. The van der Waals surface area contributed by atoms with Crippen molar-refractivity contribution in [3.63, 3.8) is 0 Å². The van der Waals surface area contributed by atoms with E-state index in [4.69, 9.17) is 9.47 Å². The molecule has 3 aromatic rings. The summed E-state index contributed by atoms with van der Waals surface area (Å²) in [5.74, 6) is 0.770. The van der Waals surface area contributed by atoms with Gasteiger partial charge in [0.25, 0.3) is 0 Å². The minimum absolute atomic E-state index is 0.0320. The fraction of sp³-hybridized carbons (Fsp3) is 0.176. The first-order chi connectivity index (χ1) is 13.2. The van der Waals surface area contributed by atoms with Crippen molar-refractivity contribution in [3.8, 4) is 11.5 Å². The average Bonchev–Trinajstić information content (AvgIpc) is 3.09. The summed E-state index contributed by atoms with van der Waals surface area (Å²) in [5, 5.41) is 13.5. The van der Waals surface area contributed by atoms with Crippen molar-refractivity contribution in [2.45, 2.75) is 5.16 Å². The van der Waals surface area contributed by atoms with Crippen LogP contribution in [0, 0.1) is 0 Å². The number of carbonyl (C=O) groups is 2. The zero-order valence-electron chi connectivity index (χ0n) is 14.0. The number of aromatic nitrogens is 3. The highest BCUT2D eigenvalue weighted by molar-refractivity contribution is 7.99. The molecule has 2 N–H and O–H groups in total. The third-order valence-corrected chi connectivity index (χ3v) is 4.61. The minimum atomic E-state index is -0.622. The van der Waals surface area contributed by atoms with Crippen LogP contribution in [-0.2, 0) is 4.79 Å². The molecule has 0 bridgehead atoms. The molecule has 3 heterocycles. The van der Waals surface area contributed by atoms with Gasteiger partial charge in [0, 0.05) is 18.0 Å². The van der Waals surface area contributed by atoms with Gasteiger partial charge < -0.3 is 14.8 Å². The van der Waals surface area contributed by atoms with Crippen molar-refractivity contribution in [2.75, 3.05) is 24.3 Å². The zero-order valence-corrected chi connectivity index (χ0v) is 14.9. The van der Waals surface area contributed by atoms with Crippen molar-refractivity contribution in [1.82, 2.24) is 19.9 Å². The van der Waals surface area contributed by atoms with Crippen LogP contribution in [0.5, 0.6) is 11.5 Å². The second-order valence-electron chi connectivity index (χ2n) is 5.56. The number of hydrogen-bond donors (Lipinski definition) is 2. The van der Waals surface area contributed by atoms with E-state index in [2.05, 4.69) is 20.8 Å². The van der Waals surface area contributed by atoms with Gasteiger partial charge in [0.1, 0.15) is 13.2 Å². The third-order valence-electron chi connectivity index (χ3n) is 3.67. The smallest absolute Gasteiger partial charge is 0.325 e. The Bertz CT molecular complexity index is 1010. The van der Waals surface area contributed by atoms with Crippen LogP contribution >= 0.6 is 11.8 Å². The number of amides is 3. The Morgan fingerprint density at radius 1 is 1.11 bits per heavy atom. The van der Waals surface area contributed by atoms with E-state index in [0.29, 0.717) is 41.2 Å². The maximum atomic E-state index is 12.0. The maximum absolute atomic E-state index is 12.0. The van der Waals surface area contributed by atoms with Crippen LogP contribution in [0.2, 0.25) is 0 Å². The Morgan fingerprint density at radius 2 is 1.96 bits per heavy atom. The second kappa shape index (κ2) is 7.54. The Balaban J connectivity index is 1.31. The largest absolute Gasteiger partial charge is 0.486 e. The third kappa shape index (κ3) is 3.95. The first kappa shape index (κ1) is 17.2. The molecule has 1 aliphatic rings. The van der Waals surface area contributed by atoms with Gasteiger partial charge >= 0.3 is 6.03 Å². The van der Waals surface area contributed by atoms with E-state index in [0.717, 1.165) is 0 Å². The molecular formula is C17H15N5O4S. The molecule has 1 aliphatic heterocycles. The molecule has 4 rings (SSSR count). The standard InChI is InChI=1S/C17H15N5O4S/c23-15(10-27-17-21-20-14-3-1-2-6-22(14)17)19-16(24)18-11-4-5-12-13(9-11)26-8-7-25-12/h1-6,9H,7-8,10H2,(H2,18,19,23,24). The van der Waals surface area contributed by atoms with Crippen LogP contribution in [0.3, 0.4) is 0 Å². The number of nitrogens with zero attached hydrogens (tertiary/aromatic N) is 3. The van der Waals surface area contributed by atoms with E-state index >= 15 is 0 Å². The molecule has 0 fully saturated rings. The zero-order chi connectivity index (χ0) is 18.6. The van der Waals surface area contributed by atoms with Gasteiger partial charge in [0.05, 0.1) is 5.75 Å². The summed E-state index contributed by atoms with van der Waals surface area (Å²) < 4.78 is 12.7. The van der Waals surface area contributed by atoms with E-state index in [1.807, 2.05) is 24.4 Å². The molecule has 0 spiro atoms. The number of anilines is 1. The Morgan fingerprint density at radius 3 is 2.85 bits per heavy atom. The topological polar surface area (TPSA) is 107 Å². The van der Waals surface area contributed by atoms with E-state index in [1.165, 1.54) is 11.8 Å². The van der Waals surface area contributed by atoms with Crippen molar-refractivity contribution in [1.29, 1.82) is 0 Å². The van der Waals surface area contributed by atoms with Gasteiger partial charge in [-0.1, -0.05) is 17.8 Å². The second-order valence-corrected chi connectivity index (χ2v) is 6.50. The number of benzene rings is 1. The lowest BCUT2D eigenvalue weighted by molar-refractivity contribution is -0.117. The van der Waals surface area contributed by atoms with Gasteiger partial charge in [-0.15, -0.1) is 10.2 Å². The van der Waals surface area contributed by atoms with Crippen LogP contribution in [0.1, 0.15) is 0 Å². The predicted molar refractivity (Wildman–Crippen MR) is 98.3 cm³/mol. The molecule has 0 unspecified atom stereocenters. The van der Waals surface area contributed by atoms with Crippen LogP contribution < -0.4 is 20.1 Å². The highest BCUT2D eigenvalue weighted by Gasteiger charge is 2.14. The lowest BCUT2D eigenvalue weighted by Gasteiger charge is -2.19. The number of fused-ring (bicyclic) bond motifs is 2. The summed E-state index contributed by atoms with van der Waals surface area (Å²) in [6.07, 6.45) is 1.81. The fourth-order valence-electron chi connectivity index (χ4n) is 2.49. The SMILES string of the molecule is O=C(CSc1nnc2ccccn12)NC(=O)Nc1ccc2c(c1)OCCO2. The monoisotopic (exact) mass is 385 g/mol. The van der Waals surface area contributed by atoms with E-state index < -0.39 is 11.9 Å². The highest BCUT2D eigenvalue weighted by Crippen LogP contribution is 2.32. The molecule has 3 amide bonds. The van der Waals surface area contributed by atoms with Gasteiger partial charge in [0.2, 0.25) is 5.91 Å². The molecule has 27 heavy (non-hydrogen) atoms. The number of imide groups is 1. The van der Waals surface area contributed by atoms with Gasteiger partial charge in [0.15, 0.2) is 22.3 Å². The summed E-state index contributed by atoms with van der Waals surface area (Å²) in [5.41, 5.74) is 1.19. The summed E-state index contributed by atoms with van der Waals surface area (Å²) in [6.45, 7) is 0.948. The number of ether oxygens (including phenoxy) is 2. The van der Waals surface area contributed by atoms with Crippen LogP contribution in [-0.4, -0.2) is 45.5 Å². The van der Waals surface area contributed by atoms with Gasteiger partial charge in [-0.2, -0.15) is 0 Å². The van der Waals surface area contributed by atoms with E-state index in [1.54, 1.807) is 22.6 Å². The first-order valence-electron chi connectivity index (χ1n) is 8.12. The van der Waals surface area contributed by atoms with Crippen LogP contribution in [0.4, 0.5) is 10.5 Å². The number of rotatable bonds is 4. The molecule has 138 valence electrons. The highest BCUT2D eigenvalue weighted by atomic mass is 32.2. The molecule has 0 saturated carbocycles. The van der Waals surface area contributed by atoms with Gasteiger partial charge in [-0.05, 0) is 24.3 Å².